The van der Waals surface area contributed by atoms with E-state index in [2.05, 4.69) is 15.6 Å². The van der Waals surface area contributed by atoms with Crippen molar-refractivity contribution in [3.05, 3.63) is 59.9 Å². The van der Waals surface area contributed by atoms with Crippen molar-refractivity contribution in [2.45, 2.75) is 26.3 Å². The molecule has 2 amide bonds. The second-order valence-corrected chi connectivity index (χ2v) is 5.03. The van der Waals surface area contributed by atoms with Crippen molar-refractivity contribution in [1.82, 2.24) is 10.3 Å². The first-order chi connectivity index (χ1) is 10.6. The second-order valence-electron chi connectivity index (χ2n) is 5.03. The zero-order valence-electron chi connectivity index (χ0n) is 12.7. The molecule has 0 radical (unpaired) electrons. The molecule has 1 aromatic heterocycles. The minimum Gasteiger partial charge on any atom is -0.348 e. The third kappa shape index (κ3) is 4.15. The van der Waals surface area contributed by atoms with E-state index in [0.29, 0.717) is 11.3 Å². The van der Waals surface area contributed by atoms with Gasteiger partial charge in [-0.1, -0.05) is 25.1 Å². The van der Waals surface area contributed by atoms with Crippen LogP contribution >= 0.6 is 0 Å². The Kier molecular flexibility index (Phi) is 5.25. The summed E-state index contributed by atoms with van der Waals surface area (Å²) in [6, 6.07) is 12.3. The number of hydrogen-bond donors (Lipinski definition) is 2. The Bertz CT molecular complexity index is 656. The molecule has 22 heavy (non-hydrogen) atoms. The minimum atomic E-state index is -0.274. The predicted molar refractivity (Wildman–Crippen MR) is 85.9 cm³/mol. The monoisotopic (exact) mass is 297 g/mol. The van der Waals surface area contributed by atoms with Crippen molar-refractivity contribution in [2.75, 3.05) is 5.32 Å². The van der Waals surface area contributed by atoms with Crippen molar-refractivity contribution in [3.63, 3.8) is 0 Å². The standard InChI is InChI=1S/C17H19N3O2/c1-3-12(2)19-17(22)15-11-13(9-10-18-15)16(21)20-14-7-5-4-6-8-14/h4-12H,3H2,1-2H3,(H,19,22)(H,20,21). The van der Waals surface area contributed by atoms with Crippen molar-refractivity contribution in [2.24, 2.45) is 0 Å². The van der Waals surface area contributed by atoms with Gasteiger partial charge in [0.2, 0.25) is 0 Å². The van der Waals surface area contributed by atoms with Crippen LogP contribution in [-0.4, -0.2) is 22.8 Å². The quantitative estimate of drug-likeness (QED) is 0.891. The number of benzene rings is 1. The van der Waals surface area contributed by atoms with Gasteiger partial charge in [-0.15, -0.1) is 0 Å². The van der Waals surface area contributed by atoms with E-state index in [4.69, 9.17) is 0 Å². The van der Waals surface area contributed by atoms with E-state index >= 15 is 0 Å². The summed E-state index contributed by atoms with van der Waals surface area (Å²) in [5.74, 6) is -0.546. The highest BCUT2D eigenvalue weighted by Gasteiger charge is 2.13. The Balaban J connectivity index is 2.11. The van der Waals surface area contributed by atoms with Crippen molar-refractivity contribution in [3.8, 4) is 0 Å². The summed E-state index contributed by atoms with van der Waals surface area (Å²) in [5, 5.41) is 5.61. The molecule has 1 heterocycles. The SMILES string of the molecule is CCC(C)NC(=O)c1cc(C(=O)Nc2ccccc2)ccn1. The molecule has 1 unspecified atom stereocenters. The Hall–Kier alpha value is -2.69. The van der Waals surface area contributed by atoms with E-state index in [1.807, 2.05) is 32.0 Å². The Morgan fingerprint density at radius 2 is 1.86 bits per heavy atom. The fourth-order valence-electron chi connectivity index (χ4n) is 1.82. The number of hydrogen-bond acceptors (Lipinski definition) is 3. The Morgan fingerprint density at radius 1 is 1.14 bits per heavy atom. The molecule has 0 spiro atoms. The normalized spacial score (nSPS) is 11.5. The largest absolute Gasteiger partial charge is 0.348 e. The zero-order valence-corrected chi connectivity index (χ0v) is 12.7. The summed E-state index contributed by atoms with van der Waals surface area (Å²) in [5.41, 5.74) is 1.34. The zero-order chi connectivity index (χ0) is 15.9. The van der Waals surface area contributed by atoms with Crippen LogP contribution in [0, 0.1) is 0 Å². The van der Waals surface area contributed by atoms with Crippen LogP contribution in [0.5, 0.6) is 0 Å². The van der Waals surface area contributed by atoms with Crippen molar-refractivity contribution < 1.29 is 9.59 Å². The van der Waals surface area contributed by atoms with Gasteiger partial charge >= 0.3 is 0 Å². The van der Waals surface area contributed by atoms with Crippen LogP contribution in [0.15, 0.2) is 48.7 Å². The van der Waals surface area contributed by atoms with Gasteiger partial charge in [-0.3, -0.25) is 14.6 Å². The van der Waals surface area contributed by atoms with Gasteiger partial charge in [-0.25, -0.2) is 0 Å². The lowest BCUT2D eigenvalue weighted by molar-refractivity contribution is 0.0934. The lowest BCUT2D eigenvalue weighted by Gasteiger charge is -2.11. The highest BCUT2D eigenvalue weighted by atomic mass is 16.2. The van der Waals surface area contributed by atoms with Crippen LogP contribution in [-0.2, 0) is 0 Å². The molecule has 1 aromatic carbocycles. The summed E-state index contributed by atoms with van der Waals surface area (Å²) in [7, 11) is 0. The maximum atomic E-state index is 12.2. The van der Waals surface area contributed by atoms with E-state index in [1.165, 1.54) is 12.3 Å². The molecule has 0 aliphatic heterocycles. The number of amides is 2. The number of pyridine rings is 1. The number of nitrogens with zero attached hydrogens (tertiary/aromatic N) is 1. The summed E-state index contributed by atoms with van der Waals surface area (Å²) in [6.45, 7) is 3.91. The number of anilines is 1. The molecule has 0 aliphatic carbocycles. The topological polar surface area (TPSA) is 71.1 Å². The number of carbonyl (C=O) groups excluding carboxylic acids is 2. The molecule has 2 rings (SSSR count). The molecule has 0 saturated heterocycles. The number of para-hydroxylation sites is 1. The maximum absolute atomic E-state index is 12.2. The van der Waals surface area contributed by atoms with Gasteiger partial charge in [-0.05, 0) is 37.6 Å². The van der Waals surface area contributed by atoms with Crippen molar-refractivity contribution >= 4 is 17.5 Å². The molecule has 5 heteroatoms. The van der Waals surface area contributed by atoms with E-state index in [-0.39, 0.29) is 23.6 Å². The minimum absolute atomic E-state index is 0.0658. The Labute approximate surface area is 129 Å². The molecule has 2 aromatic rings. The van der Waals surface area contributed by atoms with E-state index in [9.17, 15) is 9.59 Å². The smallest absolute Gasteiger partial charge is 0.270 e. The molecule has 0 fully saturated rings. The lowest BCUT2D eigenvalue weighted by atomic mass is 10.2. The first-order valence-electron chi connectivity index (χ1n) is 7.23. The summed E-state index contributed by atoms with van der Waals surface area (Å²) >= 11 is 0. The number of nitrogens with one attached hydrogen (secondary N) is 2. The van der Waals surface area contributed by atoms with Gasteiger partial charge in [0.1, 0.15) is 5.69 Å². The second kappa shape index (κ2) is 7.36. The highest BCUT2D eigenvalue weighted by molar-refractivity contribution is 6.05. The fourth-order valence-corrected chi connectivity index (χ4v) is 1.82. The third-order valence-corrected chi connectivity index (χ3v) is 3.28. The van der Waals surface area contributed by atoms with Gasteiger partial charge in [-0.2, -0.15) is 0 Å². The van der Waals surface area contributed by atoms with Gasteiger partial charge in [0.25, 0.3) is 11.8 Å². The van der Waals surface area contributed by atoms with Gasteiger partial charge < -0.3 is 10.6 Å². The maximum Gasteiger partial charge on any atom is 0.270 e. The molecule has 0 aliphatic rings. The molecule has 2 N–H and O–H groups in total. The Morgan fingerprint density at radius 3 is 2.55 bits per heavy atom. The summed E-state index contributed by atoms with van der Waals surface area (Å²) in [4.78, 5) is 28.3. The van der Waals surface area contributed by atoms with E-state index < -0.39 is 0 Å². The lowest BCUT2D eigenvalue weighted by Crippen LogP contribution is -2.32. The number of carbonyl (C=O) groups is 2. The number of aromatic nitrogens is 1. The third-order valence-electron chi connectivity index (χ3n) is 3.28. The first kappa shape index (κ1) is 15.7. The van der Waals surface area contributed by atoms with E-state index in [0.717, 1.165) is 6.42 Å². The number of rotatable bonds is 5. The van der Waals surface area contributed by atoms with Gasteiger partial charge in [0.05, 0.1) is 0 Å². The van der Waals surface area contributed by atoms with Crippen LogP contribution in [0.4, 0.5) is 5.69 Å². The average molecular weight is 297 g/mol. The van der Waals surface area contributed by atoms with Gasteiger partial charge in [0.15, 0.2) is 0 Å². The average Bonchev–Trinajstić information content (AvgIpc) is 2.55. The molecule has 5 nitrogen and oxygen atoms in total. The molecular formula is C17H19N3O2. The molecule has 0 bridgehead atoms. The molecular weight excluding hydrogens is 278 g/mol. The van der Waals surface area contributed by atoms with Crippen LogP contribution in [0.3, 0.4) is 0 Å². The highest BCUT2D eigenvalue weighted by Crippen LogP contribution is 2.09. The summed E-state index contributed by atoms with van der Waals surface area (Å²) < 4.78 is 0. The van der Waals surface area contributed by atoms with Crippen LogP contribution < -0.4 is 10.6 Å². The predicted octanol–water partition coefficient (Wildman–Crippen LogP) is 2.86. The van der Waals surface area contributed by atoms with E-state index in [1.54, 1.807) is 18.2 Å². The fraction of sp³-hybridized carbons (Fsp3) is 0.235. The van der Waals surface area contributed by atoms with Gasteiger partial charge in [0, 0.05) is 23.5 Å². The van der Waals surface area contributed by atoms with Crippen molar-refractivity contribution in [1.29, 1.82) is 0 Å². The molecule has 114 valence electrons. The molecule has 0 saturated carbocycles. The van der Waals surface area contributed by atoms with Crippen LogP contribution in [0.25, 0.3) is 0 Å². The first-order valence-corrected chi connectivity index (χ1v) is 7.23. The summed E-state index contributed by atoms with van der Waals surface area (Å²) in [6.07, 6.45) is 2.30. The van der Waals surface area contributed by atoms with Crippen LogP contribution in [0.1, 0.15) is 41.1 Å². The molecule has 1 atom stereocenters. The van der Waals surface area contributed by atoms with Crippen LogP contribution in [0.2, 0.25) is 0 Å².